The molecule has 0 aliphatic carbocycles. The molecule has 1 heterocycles. The topological polar surface area (TPSA) is 102 Å². The molecule has 1 N–H and O–H groups in total. The van der Waals surface area contributed by atoms with Gasteiger partial charge in [0.2, 0.25) is 9.84 Å². The molecule has 0 fully saturated rings. The average molecular weight is 481 g/mol. The van der Waals surface area contributed by atoms with Crippen LogP contribution in [-0.4, -0.2) is 37.6 Å². The maximum Gasteiger partial charge on any atom is 0.341 e. The smallest absolute Gasteiger partial charge is 0.341 e. The van der Waals surface area contributed by atoms with Crippen molar-refractivity contribution in [2.45, 2.75) is 24.0 Å². The Morgan fingerprint density at radius 2 is 1.75 bits per heavy atom. The molecule has 0 unspecified atom stereocenters. The maximum absolute atomic E-state index is 12.5. The molecular weight excluding hydrogens is 462 g/mol. The SMILES string of the molecule is CCc1ccc(-c2csc(NC(=O)COC(=O)c3ccc(S(=O)(=O)C(F)F)cc3)n2)cc1. The maximum atomic E-state index is 12.5. The summed E-state index contributed by atoms with van der Waals surface area (Å²) in [5.74, 6) is -5.08. The summed E-state index contributed by atoms with van der Waals surface area (Å²) in [4.78, 5) is 27.8. The molecule has 0 spiro atoms. The Balaban J connectivity index is 1.54. The normalized spacial score (nSPS) is 11.4. The number of esters is 1. The number of rotatable bonds is 8. The third-order valence-electron chi connectivity index (χ3n) is 4.40. The van der Waals surface area contributed by atoms with E-state index in [1.807, 2.05) is 24.3 Å². The summed E-state index contributed by atoms with van der Waals surface area (Å²) in [6.07, 6.45) is 0.927. The lowest BCUT2D eigenvalue weighted by Gasteiger charge is -2.06. The highest BCUT2D eigenvalue weighted by Gasteiger charge is 2.26. The van der Waals surface area contributed by atoms with Gasteiger partial charge in [-0.15, -0.1) is 11.3 Å². The number of nitrogens with zero attached hydrogens (tertiary/aromatic N) is 1. The van der Waals surface area contributed by atoms with Gasteiger partial charge in [0.05, 0.1) is 16.2 Å². The zero-order chi connectivity index (χ0) is 23.3. The van der Waals surface area contributed by atoms with Gasteiger partial charge >= 0.3 is 11.7 Å². The highest BCUT2D eigenvalue weighted by atomic mass is 32.2. The summed E-state index contributed by atoms with van der Waals surface area (Å²) in [5, 5.41) is 4.66. The number of carbonyl (C=O) groups excluding carboxylic acids is 2. The van der Waals surface area contributed by atoms with Crippen molar-refractivity contribution in [2.24, 2.45) is 0 Å². The van der Waals surface area contributed by atoms with E-state index in [0.717, 1.165) is 36.2 Å². The zero-order valence-electron chi connectivity index (χ0n) is 16.7. The van der Waals surface area contributed by atoms with Gasteiger partial charge < -0.3 is 4.74 Å². The van der Waals surface area contributed by atoms with Gasteiger partial charge in [0.25, 0.3) is 5.91 Å². The van der Waals surface area contributed by atoms with Crippen LogP contribution in [0.5, 0.6) is 0 Å². The molecule has 168 valence electrons. The number of amides is 1. The van der Waals surface area contributed by atoms with Crippen molar-refractivity contribution < 1.29 is 31.5 Å². The minimum absolute atomic E-state index is 0.0851. The molecular formula is C21H18F2N2O5S2. The van der Waals surface area contributed by atoms with Crippen LogP contribution >= 0.6 is 11.3 Å². The van der Waals surface area contributed by atoms with Crippen LogP contribution in [0.2, 0.25) is 0 Å². The van der Waals surface area contributed by atoms with E-state index in [1.54, 1.807) is 5.38 Å². The molecule has 3 rings (SSSR count). The summed E-state index contributed by atoms with van der Waals surface area (Å²) in [7, 11) is -4.76. The summed E-state index contributed by atoms with van der Waals surface area (Å²) in [6, 6.07) is 11.7. The van der Waals surface area contributed by atoms with E-state index in [-0.39, 0.29) is 5.56 Å². The lowest BCUT2D eigenvalue weighted by atomic mass is 10.1. The second kappa shape index (κ2) is 9.96. The van der Waals surface area contributed by atoms with E-state index in [2.05, 4.69) is 17.2 Å². The molecule has 7 nitrogen and oxygen atoms in total. The fourth-order valence-corrected chi connectivity index (χ4v) is 4.09. The van der Waals surface area contributed by atoms with Crippen molar-refractivity contribution >= 4 is 38.2 Å². The lowest BCUT2D eigenvalue weighted by molar-refractivity contribution is -0.119. The number of anilines is 1. The average Bonchev–Trinajstić information content (AvgIpc) is 3.25. The van der Waals surface area contributed by atoms with Gasteiger partial charge in [-0.25, -0.2) is 18.2 Å². The predicted molar refractivity (Wildman–Crippen MR) is 115 cm³/mol. The summed E-state index contributed by atoms with van der Waals surface area (Å²) >= 11 is 1.22. The Morgan fingerprint density at radius 3 is 2.34 bits per heavy atom. The molecule has 1 aromatic heterocycles. The molecule has 0 radical (unpaired) electrons. The Hall–Kier alpha value is -3.18. The number of aryl methyl sites for hydroxylation is 1. The van der Waals surface area contributed by atoms with Crippen LogP contribution in [0, 0.1) is 0 Å². The van der Waals surface area contributed by atoms with Crippen LogP contribution in [0.1, 0.15) is 22.8 Å². The molecule has 0 atom stereocenters. The quantitative estimate of drug-likeness (QED) is 0.486. The number of alkyl halides is 2. The first-order valence-electron chi connectivity index (χ1n) is 9.34. The number of thiazole rings is 1. The van der Waals surface area contributed by atoms with Gasteiger partial charge in [-0.3, -0.25) is 10.1 Å². The Labute approximate surface area is 187 Å². The molecule has 2 aromatic carbocycles. The second-order valence-electron chi connectivity index (χ2n) is 6.54. The third-order valence-corrected chi connectivity index (χ3v) is 6.55. The van der Waals surface area contributed by atoms with Gasteiger partial charge in [-0.05, 0) is 36.2 Å². The van der Waals surface area contributed by atoms with Gasteiger partial charge in [0.1, 0.15) is 0 Å². The van der Waals surface area contributed by atoms with E-state index >= 15 is 0 Å². The molecule has 1 amide bonds. The number of hydrogen-bond acceptors (Lipinski definition) is 7. The number of ether oxygens (including phenoxy) is 1. The fourth-order valence-electron chi connectivity index (χ4n) is 2.63. The zero-order valence-corrected chi connectivity index (χ0v) is 18.4. The van der Waals surface area contributed by atoms with Crippen LogP contribution in [0.25, 0.3) is 11.3 Å². The molecule has 32 heavy (non-hydrogen) atoms. The van der Waals surface area contributed by atoms with E-state index in [9.17, 15) is 26.8 Å². The fraction of sp³-hybridized carbons (Fsp3) is 0.190. The Morgan fingerprint density at radius 1 is 1.09 bits per heavy atom. The number of halogens is 2. The third kappa shape index (κ3) is 5.54. The first kappa shape index (κ1) is 23.5. The molecule has 0 saturated carbocycles. The van der Waals surface area contributed by atoms with Crippen molar-refractivity contribution in [1.29, 1.82) is 0 Å². The van der Waals surface area contributed by atoms with Crippen LogP contribution < -0.4 is 5.32 Å². The summed E-state index contributed by atoms with van der Waals surface area (Å²) in [5.41, 5.74) is 2.72. The number of benzene rings is 2. The molecule has 11 heteroatoms. The molecule has 0 aliphatic rings. The van der Waals surface area contributed by atoms with Gasteiger partial charge in [-0.2, -0.15) is 8.78 Å². The Bertz CT molecular complexity index is 1210. The van der Waals surface area contributed by atoms with Gasteiger partial charge in [-0.1, -0.05) is 31.2 Å². The van der Waals surface area contributed by atoms with E-state index in [4.69, 9.17) is 4.74 Å². The summed E-state index contributed by atoms with van der Waals surface area (Å²) in [6.45, 7) is 1.46. The molecule has 0 aliphatic heterocycles. The van der Waals surface area contributed by atoms with Crippen molar-refractivity contribution in [3.63, 3.8) is 0 Å². The molecule has 0 saturated heterocycles. The van der Waals surface area contributed by atoms with Crippen molar-refractivity contribution in [2.75, 3.05) is 11.9 Å². The first-order valence-corrected chi connectivity index (χ1v) is 11.8. The monoisotopic (exact) mass is 480 g/mol. The first-order chi connectivity index (χ1) is 15.2. The van der Waals surface area contributed by atoms with Crippen LogP contribution in [0.15, 0.2) is 58.8 Å². The van der Waals surface area contributed by atoms with E-state index in [1.165, 1.54) is 16.9 Å². The van der Waals surface area contributed by atoms with Crippen LogP contribution in [0.4, 0.5) is 13.9 Å². The van der Waals surface area contributed by atoms with Crippen molar-refractivity contribution in [3.8, 4) is 11.3 Å². The highest BCUT2D eigenvalue weighted by molar-refractivity contribution is 7.91. The van der Waals surface area contributed by atoms with Crippen molar-refractivity contribution in [3.05, 3.63) is 65.0 Å². The Kier molecular flexibility index (Phi) is 7.31. The van der Waals surface area contributed by atoms with Gasteiger partial charge in [0, 0.05) is 10.9 Å². The number of aromatic nitrogens is 1. The molecule has 0 bridgehead atoms. The minimum atomic E-state index is -4.76. The highest BCUT2D eigenvalue weighted by Crippen LogP contribution is 2.25. The standard InChI is InChI=1S/C21H18F2N2O5S2/c1-2-13-3-5-14(6-4-13)17-12-31-21(24-17)25-18(26)11-30-19(27)15-7-9-16(10-8-15)32(28,29)20(22)23/h3-10,12,20H,2,11H2,1H3,(H,24,25,26). The van der Waals surface area contributed by atoms with Crippen LogP contribution in [0.3, 0.4) is 0 Å². The summed E-state index contributed by atoms with van der Waals surface area (Å²) < 4.78 is 52.8. The predicted octanol–water partition coefficient (Wildman–Crippen LogP) is 4.16. The van der Waals surface area contributed by atoms with Crippen LogP contribution in [-0.2, 0) is 25.8 Å². The largest absolute Gasteiger partial charge is 0.452 e. The number of carbonyl (C=O) groups is 2. The van der Waals surface area contributed by atoms with E-state index < -0.39 is 39.0 Å². The van der Waals surface area contributed by atoms with Gasteiger partial charge in [0.15, 0.2) is 11.7 Å². The minimum Gasteiger partial charge on any atom is -0.452 e. The number of nitrogens with one attached hydrogen (secondary N) is 1. The van der Waals surface area contributed by atoms with E-state index in [0.29, 0.717) is 10.8 Å². The number of sulfone groups is 1. The second-order valence-corrected chi connectivity index (χ2v) is 9.32. The lowest BCUT2D eigenvalue weighted by Crippen LogP contribution is -2.21. The number of hydrogen-bond donors (Lipinski definition) is 1. The van der Waals surface area contributed by atoms with Crippen molar-refractivity contribution in [1.82, 2.24) is 4.98 Å². The molecule has 3 aromatic rings.